The van der Waals surface area contributed by atoms with Gasteiger partial charge in [0.2, 0.25) is 11.7 Å². The number of methoxy groups -OCH3 is 3. The van der Waals surface area contributed by atoms with Crippen LogP contribution < -0.4 is 19.5 Å². The molecule has 0 spiro atoms. The fourth-order valence-corrected chi connectivity index (χ4v) is 7.38. The van der Waals surface area contributed by atoms with Crippen LogP contribution in [0.2, 0.25) is 0 Å². The Bertz CT molecular complexity index is 1010. The van der Waals surface area contributed by atoms with Crippen LogP contribution in [-0.4, -0.2) is 27.2 Å². The molecule has 2 aromatic rings. The number of carbonyl (C=O) groups excluding carboxylic acids is 1. The Kier molecular flexibility index (Phi) is 5.54. The second kappa shape index (κ2) is 8.27. The Hall–Kier alpha value is -2.69. The maximum absolute atomic E-state index is 13.7. The number of hydrogen-bond acceptors (Lipinski definition) is 4. The van der Waals surface area contributed by atoms with Crippen molar-refractivity contribution in [1.29, 1.82) is 0 Å². The van der Waals surface area contributed by atoms with E-state index in [1.54, 1.807) is 21.3 Å². The average Bonchev–Trinajstić information content (AvgIpc) is 2.81. The third-order valence-electron chi connectivity index (χ3n) is 8.38. The van der Waals surface area contributed by atoms with Crippen molar-refractivity contribution in [3.05, 3.63) is 53.1 Å². The molecule has 5 nitrogen and oxygen atoms in total. The molecule has 2 unspecified atom stereocenters. The Morgan fingerprint density at radius 2 is 1.55 bits per heavy atom. The molecule has 0 saturated heterocycles. The smallest absolute Gasteiger partial charge is 0.226 e. The van der Waals surface area contributed by atoms with Crippen molar-refractivity contribution >= 4 is 5.91 Å². The largest absolute Gasteiger partial charge is 0.493 e. The second-order valence-electron chi connectivity index (χ2n) is 10.6. The lowest BCUT2D eigenvalue weighted by atomic mass is 9.42. The molecular formula is C28H35NO4. The zero-order chi connectivity index (χ0) is 23.2. The maximum atomic E-state index is 13.7. The average molecular weight is 450 g/mol. The number of hydrogen-bond donors (Lipinski definition) is 1. The van der Waals surface area contributed by atoms with E-state index in [1.807, 2.05) is 12.1 Å². The summed E-state index contributed by atoms with van der Waals surface area (Å²) in [7, 11) is 4.82. The number of aryl methyl sites for hydroxylation is 1. The van der Waals surface area contributed by atoms with E-state index < -0.39 is 0 Å². The van der Waals surface area contributed by atoms with Crippen molar-refractivity contribution in [3.8, 4) is 17.2 Å². The van der Waals surface area contributed by atoms with E-state index >= 15 is 0 Å². The van der Waals surface area contributed by atoms with Crippen LogP contribution in [0.15, 0.2) is 36.4 Å². The summed E-state index contributed by atoms with van der Waals surface area (Å²) in [6.45, 7) is 2.59. The molecule has 0 heterocycles. The van der Waals surface area contributed by atoms with Gasteiger partial charge in [0.25, 0.3) is 0 Å². The highest BCUT2D eigenvalue weighted by atomic mass is 16.5. The van der Waals surface area contributed by atoms with Gasteiger partial charge in [-0.05, 0) is 86.0 Å². The van der Waals surface area contributed by atoms with E-state index in [4.69, 9.17) is 14.2 Å². The molecule has 2 aromatic carbocycles. The topological polar surface area (TPSA) is 56.8 Å². The summed E-state index contributed by atoms with van der Waals surface area (Å²) in [6.07, 6.45) is 6.77. The summed E-state index contributed by atoms with van der Waals surface area (Å²) in [4.78, 5) is 13.7. The first kappa shape index (κ1) is 22.1. The van der Waals surface area contributed by atoms with Crippen LogP contribution in [-0.2, 0) is 16.8 Å². The van der Waals surface area contributed by atoms with Crippen LogP contribution in [0.1, 0.15) is 55.2 Å². The van der Waals surface area contributed by atoms with Gasteiger partial charge in [-0.2, -0.15) is 0 Å². The number of amides is 1. The lowest BCUT2D eigenvalue weighted by Crippen LogP contribution is -2.59. The van der Waals surface area contributed by atoms with Crippen LogP contribution in [0, 0.1) is 24.2 Å². The molecule has 176 valence electrons. The maximum Gasteiger partial charge on any atom is 0.226 e. The number of ether oxygens (including phenoxy) is 3. The molecule has 0 radical (unpaired) electrons. The van der Waals surface area contributed by atoms with E-state index in [2.05, 4.69) is 36.5 Å². The van der Waals surface area contributed by atoms with Crippen LogP contribution in [0.25, 0.3) is 0 Å². The Morgan fingerprint density at radius 3 is 2.09 bits per heavy atom. The molecule has 4 bridgehead atoms. The lowest BCUT2D eigenvalue weighted by molar-refractivity contribution is -0.149. The summed E-state index contributed by atoms with van der Waals surface area (Å²) < 4.78 is 16.4. The highest BCUT2D eigenvalue weighted by molar-refractivity contribution is 5.83. The van der Waals surface area contributed by atoms with E-state index in [0.717, 1.165) is 24.8 Å². The highest BCUT2D eigenvalue weighted by Crippen LogP contribution is 2.65. The van der Waals surface area contributed by atoms with E-state index in [0.29, 0.717) is 35.6 Å². The molecule has 33 heavy (non-hydrogen) atoms. The van der Waals surface area contributed by atoms with Gasteiger partial charge >= 0.3 is 0 Å². The number of carbonyl (C=O) groups is 1. The van der Waals surface area contributed by atoms with E-state index in [-0.39, 0.29) is 16.7 Å². The van der Waals surface area contributed by atoms with Gasteiger partial charge in [0.1, 0.15) is 0 Å². The van der Waals surface area contributed by atoms with Crippen LogP contribution in [0.4, 0.5) is 0 Å². The van der Waals surface area contributed by atoms with Gasteiger partial charge in [-0.3, -0.25) is 4.79 Å². The SMILES string of the molecule is COc1cc(CNC(=O)C23CC4CC(C2)CC(c2ccc(C)cc2)(C4)C3)cc(OC)c1OC. The van der Waals surface area contributed by atoms with Crippen molar-refractivity contribution in [2.24, 2.45) is 17.3 Å². The third-order valence-corrected chi connectivity index (χ3v) is 8.38. The first-order chi connectivity index (χ1) is 15.9. The summed E-state index contributed by atoms with van der Waals surface area (Å²) in [5, 5.41) is 3.28. The number of benzene rings is 2. The van der Waals surface area contributed by atoms with Gasteiger partial charge in [-0.1, -0.05) is 29.8 Å². The number of rotatable bonds is 7. The van der Waals surface area contributed by atoms with E-state index in [1.165, 1.54) is 30.4 Å². The van der Waals surface area contributed by atoms with Gasteiger partial charge in [0.15, 0.2) is 11.5 Å². The lowest BCUT2D eigenvalue weighted by Gasteiger charge is -2.61. The number of nitrogens with one attached hydrogen (secondary N) is 1. The van der Waals surface area contributed by atoms with Crippen LogP contribution >= 0.6 is 0 Å². The first-order valence-corrected chi connectivity index (χ1v) is 12.0. The molecule has 1 N–H and O–H groups in total. The second-order valence-corrected chi connectivity index (χ2v) is 10.6. The Morgan fingerprint density at radius 1 is 0.939 bits per heavy atom. The van der Waals surface area contributed by atoms with Crippen molar-refractivity contribution in [2.45, 2.75) is 57.4 Å². The Balaban J connectivity index is 1.37. The van der Waals surface area contributed by atoms with Crippen molar-refractivity contribution in [3.63, 3.8) is 0 Å². The molecule has 0 aliphatic heterocycles. The fraction of sp³-hybridized carbons (Fsp3) is 0.536. The molecular weight excluding hydrogens is 414 g/mol. The van der Waals surface area contributed by atoms with Gasteiger partial charge < -0.3 is 19.5 Å². The minimum atomic E-state index is -0.254. The predicted octanol–water partition coefficient (Wildman–Crippen LogP) is 5.18. The quantitative estimate of drug-likeness (QED) is 0.633. The van der Waals surface area contributed by atoms with E-state index in [9.17, 15) is 4.79 Å². The molecule has 4 saturated carbocycles. The molecule has 2 atom stereocenters. The minimum Gasteiger partial charge on any atom is -0.493 e. The monoisotopic (exact) mass is 449 g/mol. The van der Waals surface area contributed by atoms with Crippen LogP contribution in [0.5, 0.6) is 17.2 Å². The molecule has 4 fully saturated rings. The summed E-state index contributed by atoms with van der Waals surface area (Å²) in [5.41, 5.74) is 3.57. The molecule has 6 rings (SSSR count). The molecule has 5 heteroatoms. The predicted molar refractivity (Wildman–Crippen MR) is 128 cm³/mol. The van der Waals surface area contributed by atoms with Gasteiger partial charge in [-0.25, -0.2) is 0 Å². The molecule has 4 aliphatic rings. The van der Waals surface area contributed by atoms with Crippen molar-refractivity contribution < 1.29 is 19.0 Å². The van der Waals surface area contributed by atoms with Crippen LogP contribution in [0.3, 0.4) is 0 Å². The molecule has 0 aromatic heterocycles. The zero-order valence-corrected chi connectivity index (χ0v) is 20.2. The van der Waals surface area contributed by atoms with Gasteiger partial charge in [0, 0.05) is 6.54 Å². The summed E-state index contributed by atoms with van der Waals surface area (Å²) in [5.74, 6) is 3.29. The minimum absolute atomic E-state index is 0.154. The van der Waals surface area contributed by atoms with Gasteiger partial charge in [0.05, 0.1) is 26.7 Å². The van der Waals surface area contributed by atoms with Crippen molar-refractivity contribution in [2.75, 3.05) is 21.3 Å². The molecule has 1 amide bonds. The Labute approximate surface area is 196 Å². The first-order valence-electron chi connectivity index (χ1n) is 12.0. The normalized spacial score (nSPS) is 29.6. The standard InChI is InChI=1S/C28H35NO4/c1-18-5-7-22(8-6-18)27-12-20-9-21(13-27)15-28(14-20,17-27)26(30)29-16-19-10-23(31-2)25(33-4)24(11-19)32-3/h5-8,10-11,20-21H,9,12-17H2,1-4H3,(H,29,30). The zero-order valence-electron chi connectivity index (χ0n) is 20.2. The summed E-state index contributed by atoms with van der Waals surface area (Å²) >= 11 is 0. The van der Waals surface area contributed by atoms with Crippen molar-refractivity contribution in [1.82, 2.24) is 5.32 Å². The fourth-order valence-electron chi connectivity index (χ4n) is 7.38. The molecule has 4 aliphatic carbocycles. The van der Waals surface area contributed by atoms with Gasteiger partial charge in [-0.15, -0.1) is 0 Å². The summed E-state index contributed by atoms with van der Waals surface area (Å²) in [6, 6.07) is 12.9. The highest BCUT2D eigenvalue weighted by Gasteiger charge is 2.60. The third kappa shape index (κ3) is 3.75.